The van der Waals surface area contributed by atoms with Gasteiger partial charge in [0.1, 0.15) is 5.75 Å². The molecule has 0 unspecified atom stereocenters. The lowest BCUT2D eigenvalue weighted by Crippen LogP contribution is -2.28. The number of carbonyl (C=O) groups excluding carboxylic acids is 1. The van der Waals surface area contributed by atoms with Gasteiger partial charge in [-0.1, -0.05) is 36.4 Å². The second-order valence-corrected chi connectivity index (χ2v) is 6.73. The summed E-state index contributed by atoms with van der Waals surface area (Å²) >= 11 is 0. The molecule has 0 aromatic heterocycles. The molecule has 0 fully saturated rings. The van der Waals surface area contributed by atoms with E-state index < -0.39 is 0 Å². The Hall–Kier alpha value is -3.21. The van der Waals surface area contributed by atoms with Crippen LogP contribution < -0.4 is 19.5 Å². The molecule has 5 nitrogen and oxygen atoms in total. The first-order chi connectivity index (χ1) is 13.5. The first-order valence-corrected chi connectivity index (χ1v) is 9.27. The third-order valence-corrected chi connectivity index (χ3v) is 4.17. The minimum Gasteiger partial charge on any atom is -0.493 e. The van der Waals surface area contributed by atoms with Crippen LogP contribution in [0.4, 0.5) is 0 Å². The minimum atomic E-state index is -0.186. The van der Waals surface area contributed by atoms with Crippen molar-refractivity contribution in [1.29, 1.82) is 0 Å². The molecule has 0 heterocycles. The summed E-state index contributed by atoms with van der Waals surface area (Å²) in [5.41, 5.74) is 0.923. The summed E-state index contributed by atoms with van der Waals surface area (Å²) in [6.07, 6.45) is 0.0618. The molecule has 146 valence electrons. The Morgan fingerprint density at radius 2 is 1.75 bits per heavy atom. The second kappa shape index (κ2) is 9.13. The van der Waals surface area contributed by atoms with Gasteiger partial charge < -0.3 is 19.5 Å². The van der Waals surface area contributed by atoms with Gasteiger partial charge in [0.05, 0.1) is 13.2 Å². The summed E-state index contributed by atoms with van der Waals surface area (Å²) in [4.78, 5) is 12.1. The molecule has 0 aliphatic carbocycles. The number of rotatable bonds is 8. The van der Waals surface area contributed by atoms with Crippen LogP contribution >= 0.6 is 0 Å². The molecule has 1 N–H and O–H groups in total. The molecule has 3 aromatic rings. The lowest BCUT2D eigenvalue weighted by atomic mass is 10.1. The van der Waals surface area contributed by atoms with Crippen LogP contribution in [0.3, 0.4) is 0 Å². The summed E-state index contributed by atoms with van der Waals surface area (Å²) in [5, 5.41) is 5.07. The maximum Gasteiger partial charge on any atom is 0.258 e. The fraction of sp³-hybridized carbons (Fsp3) is 0.261. The zero-order chi connectivity index (χ0) is 19.9. The first kappa shape index (κ1) is 19.5. The number of carbonyl (C=O) groups is 1. The molecule has 3 aromatic carbocycles. The molecule has 28 heavy (non-hydrogen) atoms. The number of amides is 1. The molecule has 0 aliphatic rings. The minimum absolute atomic E-state index is 0.0377. The van der Waals surface area contributed by atoms with Gasteiger partial charge in [-0.25, -0.2) is 0 Å². The number of nitrogens with one attached hydrogen (secondary N) is 1. The van der Waals surface area contributed by atoms with Gasteiger partial charge in [-0.05, 0) is 54.4 Å². The van der Waals surface area contributed by atoms with Crippen molar-refractivity contribution in [1.82, 2.24) is 5.32 Å². The van der Waals surface area contributed by atoms with Crippen LogP contribution in [0.1, 0.15) is 19.4 Å². The molecule has 0 spiro atoms. The van der Waals surface area contributed by atoms with Crippen LogP contribution in [0.15, 0.2) is 60.7 Å². The van der Waals surface area contributed by atoms with Crippen LogP contribution in [0.2, 0.25) is 0 Å². The van der Waals surface area contributed by atoms with Crippen molar-refractivity contribution in [3.8, 4) is 17.2 Å². The average Bonchev–Trinajstić information content (AvgIpc) is 2.71. The topological polar surface area (TPSA) is 56.8 Å². The fourth-order valence-corrected chi connectivity index (χ4v) is 2.83. The van der Waals surface area contributed by atoms with Gasteiger partial charge in [0.15, 0.2) is 18.1 Å². The number of fused-ring (bicyclic) bond motifs is 1. The number of hydrogen-bond acceptors (Lipinski definition) is 4. The molecule has 0 aliphatic heterocycles. The van der Waals surface area contributed by atoms with E-state index in [0.29, 0.717) is 23.8 Å². The van der Waals surface area contributed by atoms with E-state index in [-0.39, 0.29) is 18.6 Å². The summed E-state index contributed by atoms with van der Waals surface area (Å²) in [6, 6.07) is 19.4. The maximum absolute atomic E-state index is 12.1. The predicted molar refractivity (Wildman–Crippen MR) is 110 cm³/mol. The van der Waals surface area contributed by atoms with Crippen molar-refractivity contribution in [3.63, 3.8) is 0 Å². The van der Waals surface area contributed by atoms with E-state index in [0.717, 1.165) is 16.3 Å². The SMILES string of the molecule is COc1cc(CNC(=O)COc2ccc3ccccc3c2)ccc1OC(C)C. The summed E-state index contributed by atoms with van der Waals surface area (Å²) in [6.45, 7) is 4.27. The molecule has 0 atom stereocenters. The number of ether oxygens (including phenoxy) is 3. The van der Waals surface area contributed by atoms with Crippen molar-refractivity contribution in [2.24, 2.45) is 0 Å². The standard InChI is InChI=1S/C23H25NO4/c1-16(2)28-21-11-8-17(12-22(21)26-3)14-24-23(25)15-27-20-10-9-18-6-4-5-7-19(18)13-20/h4-13,16H,14-15H2,1-3H3,(H,24,25). The highest BCUT2D eigenvalue weighted by Gasteiger charge is 2.09. The second-order valence-electron chi connectivity index (χ2n) is 6.73. The highest BCUT2D eigenvalue weighted by molar-refractivity contribution is 5.84. The number of hydrogen-bond donors (Lipinski definition) is 1. The lowest BCUT2D eigenvalue weighted by Gasteiger charge is -2.15. The van der Waals surface area contributed by atoms with E-state index in [1.54, 1.807) is 7.11 Å². The van der Waals surface area contributed by atoms with E-state index in [2.05, 4.69) is 5.32 Å². The average molecular weight is 379 g/mol. The third kappa shape index (κ3) is 5.16. The summed E-state index contributed by atoms with van der Waals surface area (Å²) in [5.74, 6) is 1.82. The van der Waals surface area contributed by atoms with Gasteiger partial charge in [-0.2, -0.15) is 0 Å². The summed E-state index contributed by atoms with van der Waals surface area (Å²) < 4.78 is 16.7. The summed E-state index contributed by atoms with van der Waals surface area (Å²) in [7, 11) is 1.60. The molecule has 0 radical (unpaired) electrons. The smallest absolute Gasteiger partial charge is 0.258 e. The Balaban J connectivity index is 1.53. The van der Waals surface area contributed by atoms with Gasteiger partial charge in [0, 0.05) is 6.54 Å². The number of methoxy groups -OCH3 is 1. The van der Waals surface area contributed by atoms with Crippen LogP contribution in [0.5, 0.6) is 17.2 Å². The normalized spacial score (nSPS) is 10.7. The van der Waals surface area contributed by atoms with E-state index in [1.165, 1.54) is 0 Å². The van der Waals surface area contributed by atoms with E-state index in [1.807, 2.05) is 74.5 Å². The van der Waals surface area contributed by atoms with Gasteiger partial charge in [0.2, 0.25) is 0 Å². The van der Waals surface area contributed by atoms with Gasteiger partial charge in [-0.3, -0.25) is 4.79 Å². The van der Waals surface area contributed by atoms with E-state index in [9.17, 15) is 4.79 Å². The van der Waals surface area contributed by atoms with Gasteiger partial charge >= 0.3 is 0 Å². The highest BCUT2D eigenvalue weighted by Crippen LogP contribution is 2.29. The first-order valence-electron chi connectivity index (χ1n) is 9.27. The van der Waals surface area contributed by atoms with Crippen molar-refractivity contribution < 1.29 is 19.0 Å². The van der Waals surface area contributed by atoms with Crippen LogP contribution in [-0.4, -0.2) is 25.7 Å². The van der Waals surface area contributed by atoms with Crippen molar-refractivity contribution >= 4 is 16.7 Å². The maximum atomic E-state index is 12.1. The van der Waals surface area contributed by atoms with Crippen molar-refractivity contribution in [2.75, 3.05) is 13.7 Å². The molecule has 5 heteroatoms. The molecule has 0 bridgehead atoms. The zero-order valence-corrected chi connectivity index (χ0v) is 16.4. The molecular weight excluding hydrogens is 354 g/mol. The Morgan fingerprint density at radius 1 is 0.964 bits per heavy atom. The molecule has 0 saturated heterocycles. The molecule has 3 rings (SSSR count). The third-order valence-electron chi connectivity index (χ3n) is 4.17. The molecule has 0 saturated carbocycles. The Bertz CT molecular complexity index is 952. The molecule has 1 amide bonds. The Kier molecular flexibility index (Phi) is 6.37. The van der Waals surface area contributed by atoms with Crippen molar-refractivity contribution in [3.05, 3.63) is 66.2 Å². The van der Waals surface area contributed by atoms with Crippen LogP contribution in [0.25, 0.3) is 10.8 Å². The lowest BCUT2D eigenvalue weighted by molar-refractivity contribution is -0.123. The van der Waals surface area contributed by atoms with Gasteiger partial charge in [0.25, 0.3) is 5.91 Å². The quantitative estimate of drug-likeness (QED) is 0.633. The van der Waals surface area contributed by atoms with E-state index in [4.69, 9.17) is 14.2 Å². The monoisotopic (exact) mass is 379 g/mol. The predicted octanol–water partition coefficient (Wildman–Crippen LogP) is 4.33. The molecular formula is C23H25NO4. The Labute approximate surface area is 165 Å². The van der Waals surface area contributed by atoms with Crippen LogP contribution in [0, 0.1) is 0 Å². The fourth-order valence-electron chi connectivity index (χ4n) is 2.83. The van der Waals surface area contributed by atoms with Crippen LogP contribution in [-0.2, 0) is 11.3 Å². The van der Waals surface area contributed by atoms with Gasteiger partial charge in [-0.15, -0.1) is 0 Å². The Morgan fingerprint density at radius 3 is 2.50 bits per heavy atom. The highest BCUT2D eigenvalue weighted by atomic mass is 16.5. The zero-order valence-electron chi connectivity index (χ0n) is 16.4. The van der Waals surface area contributed by atoms with E-state index >= 15 is 0 Å². The largest absolute Gasteiger partial charge is 0.493 e. The van der Waals surface area contributed by atoms with Crippen molar-refractivity contribution in [2.45, 2.75) is 26.5 Å². The number of benzene rings is 3.